The second-order valence-electron chi connectivity index (χ2n) is 5.63. The zero-order valence-corrected chi connectivity index (χ0v) is 15.3. The van der Waals surface area contributed by atoms with Gasteiger partial charge in [-0.15, -0.1) is 0 Å². The predicted octanol–water partition coefficient (Wildman–Crippen LogP) is 2.18. The van der Waals surface area contributed by atoms with Crippen molar-refractivity contribution in [3.05, 3.63) is 30.3 Å². The summed E-state index contributed by atoms with van der Waals surface area (Å²) in [4.78, 5) is 24.3. The summed E-state index contributed by atoms with van der Waals surface area (Å²) in [6.07, 6.45) is 0.177. The van der Waals surface area contributed by atoms with Crippen molar-refractivity contribution < 1.29 is 28.7 Å². The van der Waals surface area contributed by atoms with Crippen LogP contribution in [0.4, 0.5) is 5.69 Å². The maximum absolute atomic E-state index is 11.6. The van der Waals surface area contributed by atoms with E-state index in [1.165, 1.54) is 0 Å². The number of carboxylic acids is 2. The molecule has 1 aromatic carbocycles. The monoisotopic (exact) mass is 355 g/mol. The highest BCUT2D eigenvalue weighted by molar-refractivity contribution is 6.65. The Morgan fingerprint density at radius 1 is 1.17 bits per heavy atom. The van der Waals surface area contributed by atoms with Gasteiger partial charge in [-0.3, -0.25) is 4.79 Å². The van der Waals surface area contributed by atoms with Crippen molar-refractivity contribution in [3.8, 4) is 0 Å². The molecule has 0 saturated carbocycles. The lowest BCUT2D eigenvalue weighted by Crippen LogP contribution is -2.44. The quantitative estimate of drug-likeness (QED) is 0.587. The third-order valence-corrected chi connectivity index (χ3v) is 7.00. The van der Waals surface area contributed by atoms with Gasteiger partial charge in [-0.25, -0.2) is 4.79 Å². The fourth-order valence-corrected chi connectivity index (χ4v) is 3.81. The van der Waals surface area contributed by atoms with Gasteiger partial charge < -0.3 is 24.0 Å². The van der Waals surface area contributed by atoms with Crippen molar-refractivity contribution >= 4 is 26.2 Å². The van der Waals surface area contributed by atoms with Crippen LogP contribution in [0.5, 0.6) is 0 Å². The average Bonchev–Trinajstić information content (AvgIpc) is 2.57. The Bertz CT molecular complexity index is 535. The standard InChI is InChI=1S/C16H25NO6Si/c1-22-24(3,23-2)11-7-10-17(13-8-5-4-6-9-13)14(16(20)21)12-15(18)19/h4-6,8-9,14H,7,10-12H2,1-3H3,(H,18,19)(H,20,21). The first-order valence-electron chi connectivity index (χ1n) is 7.69. The molecule has 0 heterocycles. The molecule has 0 spiro atoms. The molecule has 0 radical (unpaired) electrons. The van der Waals surface area contributed by atoms with Gasteiger partial charge in [0.05, 0.1) is 6.42 Å². The van der Waals surface area contributed by atoms with Gasteiger partial charge in [0.2, 0.25) is 0 Å². The number of rotatable bonds is 11. The van der Waals surface area contributed by atoms with E-state index in [0.717, 1.165) is 0 Å². The summed E-state index contributed by atoms with van der Waals surface area (Å²) in [5.41, 5.74) is 0.685. The van der Waals surface area contributed by atoms with Gasteiger partial charge in [0.1, 0.15) is 6.04 Å². The molecule has 0 aliphatic heterocycles. The smallest absolute Gasteiger partial charge is 0.334 e. The highest BCUT2D eigenvalue weighted by atomic mass is 28.4. The van der Waals surface area contributed by atoms with Crippen molar-refractivity contribution in [3.63, 3.8) is 0 Å². The van der Waals surface area contributed by atoms with Crippen LogP contribution < -0.4 is 4.90 Å². The minimum Gasteiger partial charge on any atom is -0.481 e. The average molecular weight is 355 g/mol. The Balaban J connectivity index is 2.93. The van der Waals surface area contributed by atoms with E-state index in [-0.39, 0.29) is 0 Å². The first kappa shape index (κ1) is 20.1. The molecule has 0 bridgehead atoms. The molecule has 0 aliphatic rings. The lowest BCUT2D eigenvalue weighted by Gasteiger charge is -2.31. The van der Waals surface area contributed by atoms with E-state index in [1.807, 2.05) is 12.6 Å². The van der Waals surface area contributed by atoms with E-state index >= 15 is 0 Å². The second kappa shape index (κ2) is 9.41. The van der Waals surface area contributed by atoms with Crippen molar-refractivity contribution in [2.75, 3.05) is 25.7 Å². The van der Waals surface area contributed by atoms with Gasteiger partial charge in [0.15, 0.2) is 0 Å². The SMILES string of the molecule is CO[Si](C)(CCCN(c1ccccc1)C(CC(=O)O)C(=O)O)OC. The second-order valence-corrected chi connectivity index (χ2v) is 9.21. The molecule has 24 heavy (non-hydrogen) atoms. The van der Waals surface area contributed by atoms with Crippen LogP contribution in [0.15, 0.2) is 30.3 Å². The zero-order chi connectivity index (χ0) is 18.2. The minimum absolute atomic E-state index is 0.406. The highest BCUT2D eigenvalue weighted by Crippen LogP contribution is 2.22. The molecule has 0 aliphatic carbocycles. The molecule has 0 aromatic heterocycles. The van der Waals surface area contributed by atoms with Gasteiger partial charge in [0.25, 0.3) is 0 Å². The number of hydrogen-bond donors (Lipinski definition) is 2. The van der Waals surface area contributed by atoms with E-state index in [2.05, 4.69) is 0 Å². The Morgan fingerprint density at radius 2 is 1.75 bits per heavy atom. The summed E-state index contributed by atoms with van der Waals surface area (Å²) in [5.74, 6) is -2.30. The number of carbonyl (C=O) groups is 2. The fourth-order valence-electron chi connectivity index (χ4n) is 2.44. The lowest BCUT2D eigenvalue weighted by molar-refractivity contribution is -0.145. The van der Waals surface area contributed by atoms with Gasteiger partial charge in [-0.2, -0.15) is 0 Å². The first-order valence-corrected chi connectivity index (χ1v) is 10.2. The van der Waals surface area contributed by atoms with Gasteiger partial charge in [0, 0.05) is 26.5 Å². The van der Waals surface area contributed by atoms with Crippen LogP contribution in [-0.2, 0) is 18.4 Å². The normalized spacial score (nSPS) is 12.6. The van der Waals surface area contributed by atoms with Crippen molar-refractivity contribution in [1.29, 1.82) is 0 Å². The molecule has 134 valence electrons. The molecule has 1 rings (SSSR count). The van der Waals surface area contributed by atoms with E-state index in [9.17, 15) is 14.7 Å². The third kappa shape index (κ3) is 5.95. The third-order valence-electron chi connectivity index (χ3n) is 4.01. The number of nitrogens with zero attached hydrogens (tertiary/aromatic N) is 1. The van der Waals surface area contributed by atoms with Crippen LogP contribution in [0.3, 0.4) is 0 Å². The maximum atomic E-state index is 11.6. The summed E-state index contributed by atoms with van der Waals surface area (Å²) in [7, 11) is 0.963. The zero-order valence-electron chi connectivity index (χ0n) is 14.3. The molecule has 0 saturated heterocycles. The number of hydrogen-bond acceptors (Lipinski definition) is 5. The van der Waals surface area contributed by atoms with Crippen LogP contribution in [-0.4, -0.2) is 57.5 Å². The number of anilines is 1. The number of para-hydroxylation sites is 1. The molecule has 2 N–H and O–H groups in total. The highest BCUT2D eigenvalue weighted by Gasteiger charge is 2.31. The number of carboxylic acid groups (broad SMARTS) is 2. The Hall–Kier alpha value is -1.90. The van der Waals surface area contributed by atoms with Crippen molar-refractivity contribution in [2.24, 2.45) is 0 Å². The Labute approximate surface area is 143 Å². The number of aliphatic carboxylic acids is 2. The number of benzene rings is 1. The lowest BCUT2D eigenvalue weighted by atomic mass is 10.1. The summed E-state index contributed by atoms with van der Waals surface area (Å²) < 4.78 is 10.9. The first-order chi connectivity index (χ1) is 11.3. The van der Waals surface area contributed by atoms with Gasteiger partial charge in [-0.05, 0) is 31.1 Å². The molecule has 1 atom stereocenters. The molecular weight excluding hydrogens is 330 g/mol. The summed E-state index contributed by atoms with van der Waals surface area (Å²) in [6.45, 7) is 2.34. The molecule has 1 aromatic rings. The topological polar surface area (TPSA) is 96.3 Å². The summed E-state index contributed by atoms with van der Waals surface area (Å²) in [6, 6.07) is 8.54. The predicted molar refractivity (Wildman–Crippen MR) is 92.5 cm³/mol. The molecule has 8 heteroatoms. The maximum Gasteiger partial charge on any atom is 0.334 e. The van der Waals surface area contributed by atoms with E-state index < -0.39 is 33.0 Å². The van der Waals surface area contributed by atoms with Crippen LogP contribution >= 0.6 is 0 Å². The molecular formula is C16H25NO6Si. The van der Waals surface area contributed by atoms with Crippen LogP contribution in [0.2, 0.25) is 12.6 Å². The van der Waals surface area contributed by atoms with E-state index in [4.69, 9.17) is 14.0 Å². The van der Waals surface area contributed by atoms with Gasteiger partial charge >= 0.3 is 20.5 Å². The minimum atomic E-state index is -2.25. The summed E-state index contributed by atoms with van der Waals surface area (Å²) >= 11 is 0. The molecule has 0 amide bonds. The molecule has 0 fully saturated rings. The fraction of sp³-hybridized carbons (Fsp3) is 0.500. The molecule has 1 unspecified atom stereocenters. The van der Waals surface area contributed by atoms with Crippen LogP contribution in [0.25, 0.3) is 0 Å². The van der Waals surface area contributed by atoms with Gasteiger partial charge in [-0.1, -0.05) is 18.2 Å². The Kier molecular flexibility index (Phi) is 7.89. The summed E-state index contributed by atoms with van der Waals surface area (Å²) in [5, 5.41) is 18.5. The van der Waals surface area contributed by atoms with Crippen LogP contribution in [0, 0.1) is 0 Å². The van der Waals surface area contributed by atoms with Crippen LogP contribution in [0.1, 0.15) is 12.8 Å². The van der Waals surface area contributed by atoms with Crippen molar-refractivity contribution in [1.82, 2.24) is 0 Å². The van der Waals surface area contributed by atoms with E-state index in [1.54, 1.807) is 43.4 Å². The van der Waals surface area contributed by atoms with Crippen molar-refractivity contribution in [2.45, 2.75) is 31.5 Å². The largest absolute Gasteiger partial charge is 0.481 e. The molecule has 7 nitrogen and oxygen atoms in total. The Morgan fingerprint density at radius 3 is 2.21 bits per heavy atom. The van der Waals surface area contributed by atoms with E-state index in [0.29, 0.717) is 24.7 Å².